The van der Waals surface area contributed by atoms with Crippen molar-refractivity contribution in [3.05, 3.63) is 48.3 Å². The number of thioether (sulfide) groups is 1. The molecular weight excluding hydrogens is 254 g/mol. The molecule has 1 aromatic carbocycles. The maximum Gasteiger partial charge on any atom is 0.0503 e. The van der Waals surface area contributed by atoms with Crippen molar-refractivity contribution >= 4 is 11.8 Å². The Morgan fingerprint density at radius 3 is 3.00 bits per heavy atom. The first-order chi connectivity index (χ1) is 9.29. The molecule has 3 nitrogen and oxygen atoms in total. The summed E-state index contributed by atoms with van der Waals surface area (Å²) < 4.78 is 1.97. The zero-order valence-corrected chi connectivity index (χ0v) is 12.4. The van der Waals surface area contributed by atoms with Gasteiger partial charge < -0.3 is 5.32 Å². The number of nitrogens with zero attached hydrogens (tertiary/aromatic N) is 2. The summed E-state index contributed by atoms with van der Waals surface area (Å²) in [6.07, 6.45) is 3.83. The second-order valence-corrected chi connectivity index (χ2v) is 5.64. The molecule has 0 radical (unpaired) electrons. The van der Waals surface area contributed by atoms with E-state index in [1.807, 2.05) is 34.9 Å². The summed E-state index contributed by atoms with van der Waals surface area (Å²) in [4.78, 5) is 1.33. The SMILES string of the molecule is CCNC(C)c1cccc(SCCn2cccn2)c1. The molecule has 1 atom stereocenters. The number of aromatic nitrogens is 2. The Hall–Kier alpha value is -1.26. The molecule has 4 heteroatoms. The number of rotatable bonds is 7. The average Bonchev–Trinajstić information content (AvgIpc) is 2.93. The van der Waals surface area contributed by atoms with E-state index in [-0.39, 0.29) is 0 Å². The van der Waals surface area contributed by atoms with Crippen molar-refractivity contribution in [2.45, 2.75) is 31.3 Å². The number of nitrogens with one attached hydrogen (secondary N) is 1. The van der Waals surface area contributed by atoms with Crippen LogP contribution in [0.1, 0.15) is 25.5 Å². The van der Waals surface area contributed by atoms with Crippen molar-refractivity contribution in [2.75, 3.05) is 12.3 Å². The zero-order chi connectivity index (χ0) is 13.5. The molecule has 1 aromatic heterocycles. The third kappa shape index (κ3) is 4.40. The first-order valence-corrected chi connectivity index (χ1v) is 7.71. The average molecular weight is 275 g/mol. The molecule has 2 rings (SSSR count). The van der Waals surface area contributed by atoms with Gasteiger partial charge in [-0.3, -0.25) is 4.68 Å². The Labute approximate surface area is 119 Å². The van der Waals surface area contributed by atoms with E-state index in [0.29, 0.717) is 6.04 Å². The van der Waals surface area contributed by atoms with Crippen LogP contribution in [0.3, 0.4) is 0 Å². The zero-order valence-electron chi connectivity index (χ0n) is 11.5. The normalized spacial score (nSPS) is 12.5. The van der Waals surface area contributed by atoms with Gasteiger partial charge in [0.25, 0.3) is 0 Å². The van der Waals surface area contributed by atoms with Crippen LogP contribution in [0.2, 0.25) is 0 Å². The predicted octanol–water partition coefficient (Wildman–Crippen LogP) is 3.35. The summed E-state index contributed by atoms with van der Waals surface area (Å²) in [7, 11) is 0. The van der Waals surface area contributed by atoms with Crippen molar-refractivity contribution in [2.24, 2.45) is 0 Å². The highest BCUT2D eigenvalue weighted by atomic mass is 32.2. The van der Waals surface area contributed by atoms with Gasteiger partial charge in [0.1, 0.15) is 0 Å². The van der Waals surface area contributed by atoms with Crippen LogP contribution in [0.25, 0.3) is 0 Å². The second-order valence-electron chi connectivity index (χ2n) is 4.47. The lowest BCUT2D eigenvalue weighted by Crippen LogP contribution is -2.17. The topological polar surface area (TPSA) is 29.9 Å². The van der Waals surface area contributed by atoms with Gasteiger partial charge in [-0.1, -0.05) is 19.1 Å². The van der Waals surface area contributed by atoms with Crippen LogP contribution in [0.5, 0.6) is 0 Å². The van der Waals surface area contributed by atoms with Crippen LogP contribution in [0.4, 0.5) is 0 Å². The monoisotopic (exact) mass is 275 g/mol. The first-order valence-electron chi connectivity index (χ1n) is 6.73. The number of aryl methyl sites for hydroxylation is 1. The lowest BCUT2D eigenvalue weighted by molar-refractivity contribution is 0.597. The number of hydrogen-bond donors (Lipinski definition) is 1. The fourth-order valence-electron chi connectivity index (χ4n) is 1.99. The molecule has 1 unspecified atom stereocenters. The van der Waals surface area contributed by atoms with E-state index in [1.54, 1.807) is 0 Å². The third-order valence-electron chi connectivity index (χ3n) is 3.02. The molecule has 1 heterocycles. The molecule has 2 aromatic rings. The minimum Gasteiger partial charge on any atom is -0.310 e. The maximum atomic E-state index is 4.21. The highest BCUT2D eigenvalue weighted by molar-refractivity contribution is 7.99. The number of benzene rings is 1. The highest BCUT2D eigenvalue weighted by Crippen LogP contribution is 2.22. The van der Waals surface area contributed by atoms with Gasteiger partial charge >= 0.3 is 0 Å². The minimum absolute atomic E-state index is 0.414. The summed E-state index contributed by atoms with van der Waals surface area (Å²) >= 11 is 1.88. The quantitative estimate of drug-likeness (QED) is 0.786. The van der Waals surface area contributed by atoms with Crippen LogP contribution in [-0.2, 0) is 6.54 Å². The summed E-state index contributed by atoms with van der Waals surface area (Å²) in [5.74, 6) is 1.04. The van der Waals surface area contributed by atoms with Crippen LogP contribution >= 0.6 is 11.8 Å². The Kier molecular flexibility index (Phi) is 5.48. The molecule has 19 heavy (non-hydrogen) atoms. The Morgan fingerprint density at radius 1 is 1.37 bits per heavy atom. The summed E-state index contributed by atoms with van der Waals surface area (Å²) in [6, 6.07) is 11.2. The van der Waals surface area contributed by atoms with Gasteiger partial charge in [-0.25, -0.2) is 0 Å². The lowest BCUT2D eigenvalue weighted by Gasteiger charge is -2.13. The molecule has 0 aliphatic rings. The summed E-state index contributed by atoms with van der Waals surface area (Å²) in [5, 5.41) is 7.65. The Morgan fingerprint density at radius 2 is 2.26 bits per heavy atom. The van der Waals surface area contributed by atoms with Gasteiger partial charge in [0.15, 0.2) is 0 Å². The van der Waals surface area contributed by atoms with Crippen LogP contribution in [0, 0.1) is 0 Å². The smallest absolute Gasteiger partial charge is 0.0503 e. The van der Waals surface area contributed by atoms with E-state index in [2.05, 4.69) is 48.5 Å². The molecule has 0 saturated carbocycles. The van der Waals surface area contributed by atoms with E-state index in [1.165, 1.54) is 10.5 Å². The lowest BCUT2D eigenvalue weighted by atomic mass is 10.1. The van der Waals surface area contributed by atoms with Gasteiger partial charge in [-0.15, -0.1) is 11.8 Å². The van der Waals surface area contributed by atoms with Gasteiger partial charge in [0.05, 0.1) is 6.54 Å². The first kappa shape index (κ1) is 14.2. The van der Waals surface area contributed by atoms with E-state index >= 15 is 0 Å². The Balaban J connectivity index is 1.88. The molecule has 1 N–H and O–H groups in total. The molecule has 0 spiro atoms. The van der Waals surface area contributed by atoms with Crippen molar-refractivity contribution in [1.29, 1.82) is 0 Å². The highest BCUT2D eigenvalue weighted by Gasteiger charge is 2.04. The molecular formula is C15H21N3S. The van der Waals surface area contributed by atoms with E-state index in [0.717, 1.165) is 18.8 Å². The van der Waals surface area contributed by atoms with Crippen molar-refractivity contribution in [1.82, 2.24) is 15.1 Å². The molecule has 0 amide bonds. The van der Waals surface area contributed by atoms with Crippen molar-refractivity contribution in [3.8, 4) is 0 Å². The molecule has 0 aliphatic heterocycles. The third-order valence-corrected chi connectivity index (χ3v) is 3.99. The Bertz CT molecular complexity index is 482. The second kappa shape index (κ2) is 7.36. The molecule has 102 valence electrons. The van der Waals surface area contributed by atoms with Crippen molar-refractivity contribution in [3.63, 3.8) is 0 Å². The summed E-state index contributed by atoms with van der Waals surface area (Å²) in [6.45, 7) is 6.29. The minimum atomic E-state index is 0.414. The van der Waals surface area contributed by atoms with E-state index < -0.39 is 0 Å². The fraction of sp³-hybridized carbons (Fsp3) is 0.400. The van der Waals surface area contributed by atoms with Gasteiger partial charge in [-0.05, 0) is 37.2 Å². The van der Waals surface area contributed by atoms with Crippen molar-refractivity contribution < 1.29 is 0 Å². The van der Waals surface area contributed by atoms with Crippen LogP contribution < -0.4 is 5.32 Å². The van der Waals surface area contributed by atoms with E-state index in [9.17, 15) is 0 Å². The largest absolute Gasteiger partial charge is 0.310 e. The molecule has 0 bridgehead atoms. The van der Waals surface area contributed by atoms with Gasteiger partial charge in [0.2, 0.25) is 0 Å². The summed E-state index contributed by atoms with van der Waals surface area (Å²) in [5.41, 5.74) is 1.35. The number of hydrogen-bond acceptors (Lipinski definition) is 3. The van der Waals surface area contributed by atoms with Crippen LogP contribution in [-0.4, -0.2) is 22.1 Å². The van der Waals surface area contributed by atoms with Gasteiger partial charge in [-0.2, -0.15) is 5.10 Å². The standard InChI is InChI=1S/C15H21N3S/c1-3-16-13(2)14-6-4-7-15(12-14)19-11-10-18-9-5-8-17-18/h4-9,12-13,16H,3,10-11H2,1-2H3. The maximum absolute atomic E-state index is 4.21. The van der Waals surface area contributed by atoms with E-state index in [4.69, 9.17) is 0 Å². The fourth-order valence-corrected chi connectivity index (χ4v) is 2.90. The molecule has 0 aliphatic carbocycles. The van der Waals surface area contributed by atoms with Gasteiger partial charge in [0, 0.05) is 29.1 Å². The molecule has 0 fully saturated rings. The predicted molar refractivity (Wildman–Crippen MR) is 81.5 cm³/mol. The van der Waals surface area contributed by atoms with Crippen LogP contribution in [0.15, 0.2) is 47.6 Å². The molecule has 0 saturated heterocycles.